The van der Waals surface area contributed by atoms with Crippen LogP contribution in [0.1, 0.15) is 13.8 Å². The van der Waals surface area contributed by atoms with Crippen molar-refractivity contribution in [2.24, 2.45) is 0 Å². The Kier molecular flexibility index (Phi) is 4.81. The van der Waals surface area contributed by atoms with Crippen molar-refractivity contribution in [1.82, 2.24) is 0 Å². The second kappa shape index (κ2) is 5.69. The molecule has 0 saturated carbocycles. The smallest absolute Gasteiger partial charge is 0.365 e. The molecule has 0 aliphatic carbocycles. The maximum Gasteiger partial charge on any atom is 0.365 e. The van der Waals surface area contributed by atoms with E-state index in [9.17, 15) is 9.67 Å². The summed E-state index contributed by atoms with van der Waals surface area (Å²) in [6.07, 6.45) is 0. The molecule has 6 heteroatoms. The number of benzene rings is 1. The Bertz CT molecular complexity index is 398. The van der Waals surface area contributed by atoms with Crippen LogP contribution in [0, 0.1) is 0 Å². The molecule has 1 rings (SSSR count). The Morgan fingerprint density at radius 3 is 2.38 bits per heavy atom. The number of aromatic hydroxyl groups is 1. The normalized spacial score (nSPS) is 11.7. The molecule has 0 aromatic heterocycles. The molecule has 16 heavy (non-hydrogen) atoms. The van der Waals surface area contributed by atoms with Crippen molar-refractivity contribution < 1.29 is 18.7 Å². The van der Waals surface area contributed by atoms with Gasteiger partial charge in [-0.05, 0) is 32.0 Å². The third-order valence-corrected chi connectivity index (χ3v) is 4.21. The average Bonchev–Trinajstić information content (AvgIpc) is 2.22. The van der Waals surface area contributed by atoms with Crippen LogP contribution in [0.4, 0.5) is 0 Å². The first-order valence-corrected chi connectivity index (χ1v) is 6.83. The number of rotatable bonds is 5. The largest absolute Gasteiger partial charge is 0.507 e. The van der Waals surface area contributed by atoms with Gasteiger partial charge in [0.2, 0.25) is 0 Å². The van der Waals surface area contributed by atoms with Crippen molar-refractivity contribution in [3.05, 3.63) is 23.2 Å². The van der Waals surface area contributed by atoms with Crippen molar-refractivity contribution in [3.8, 4) is 5.75 Å². The molecule has 1 N–H and O–H groups in total. The van der Waals surface area contributed by atoms with Crippen LogP contribution in [0.15, 0.2) is 18.2 Å². The van der Waals surface area contributed by atoms with Crippen molar-refractivity contribution in [2.75, 3.05) is 13.2 Å². The van der Waals surface area contributed by atoms with Crippen LogP contribution in [0.25, 0.3) is 0 Å². The lowest BCUT2D eigenvalue weighted by atomic mass is 10.3. The zero-order chi connectivity index (χ0) is 12.2. The quantitative estimate of drug-likeness (QED) is 0.831. The summed E-state index contributed by atoms with van der Waals surface area (Å²) in [6.45, 7) is 3.85. The van der Waals surface area contributed by atoms with Gasteiger partial charge in [0, 0.05) is 5.02 Å². The molecule has 0 spiro atoms. The maximum atomic E-state index is 12.3. The summed E-state index contributed by atoms with van der Waals surface area (Å²) < 4.78 is 22.5. The van der Waals surface area contributed by atoms with Crippen molar-refractivity contribution in [2.45, 2.75) is 13.8 Å². The van der Waals surface area contributed by atoms with Gasteiger partial charge >= 0.3 is 7.60 Å². The molecule has 4 nitrogen and oxygen atoms in total. The highest BCUT2D eigenvalue weighted by Gasteiger charge is 2.30. The van der Waals surface area contributed by atoms with E-state index in [0.29, 0.717) is 5.02 Å². The highest BCUT2D eigenvalue weighted by atomic mass is 35.5. The molecule has 0 aliphatic rings. The molecule has 0 bridgehead atoms. The summed E-state index contributed by atoms with van der Waals surface area (Å²) >= 11 is 5.78. The summed E-state index contributed by atoms with van der Waals surface area (Å²) in [7, 11) is -3.47. The fourth-order valence-corrected chi connectivity index (χ4v) is 3.17. The highest BCUT2D eigenvalue weighted by molar-refractivity contribution is 7.62. The van der Waals surface area contributed by atoms with Gasteiger partial charge in [-0.25, -0.2) is 0 Å². The standard InChI is InChI=1S/C10H14ClO4P/c1-3-14-16(13,15-4-2)10-7-8(11)5-6-9(10)12/h5-7,12H,3-4H2,1-2H3. The fourth-order valence-electron chi connectivity index (χ4n) is 1.23. The Morgan fingerprint density at radius 2 is 1.88 bits per heavy atom. The molecule has 0 fully saturated rings. The fraction of sp³-hybridized carbons (Fsp3) is 0.400. The Hall–Kier alpha value is -0.540. The van der Waals surface area contributed by atoms with E-state index in [1.165, 1.54) is 18.2 Å². The van der Waals surface area contributed by atoms with Gasteiger partial charge in [-0.15, -0.1) is 0 Å². The van der Waals surface area contributed by atoms with Gasteiger partial charge in [-0.3, -0.25) is 4.57 Å². The topological polar surface area (TPSA) is 55.8 Å². The summed E-state index contributed by atoms with van der Waals surface area (Å²) in [6, 6.07) is 4.26. The number of phenols is 1. The van der Waals surface area contributed by atoms with Crippen LogP contribution < -0.4 is 5.30 Å². The minimum atomic E-state index is -3.47. The van der Waals surface area contributed by atoms with Crippen LogP contribution in [-0.4, -0.2) is 18.3 Å². The number of phenolic OH excluding ortho intramolecular Hbond substituents is 1. The van der Waals surface area contributed by atoms with Crippen molar-refractivity contribution in [3.63, 3.8) is 0 Å². The van der Waals surface area contributed by atoms with Crippen LogP contribution >= 0.6 is 19.2 Å². The van der Waals surface area contributed by atoms with E-state index >= 15 is 0 Å². The molecule has 0 aliphatic heterocycles. The zero-order valence-electron chi connectivity index (χ0n) is 9.14. The van der Waals surface area contributed by atoms with E-state index in [4.69, 9.17) is 20.6 Å². The average molecular weight is 265 g/mol. The molecule has 0 radical (unpaired) electrons. The lowest BCUT2D eigenvalue weighted by Gasteiger charge is -2.18. The van der Waals surface area contributed by atoms with Gasteiger partial charge in [0.15, 0.2) is 0 Å². The SMILES string of the molecule is CCOP(=O)(OCC)c1cc(Cl)ccc1O. The Balaban J connectivity index is 3.20. The molecule has 1 aromatic rings. The number of hydrogen-bond acceptors (Lipinski definition) is 4. The predicted octanol–water partition coefficient (Wildman–Crippen LogP) is 2.94. The first-order chi connectivity index (χ1) is 7.53. The van der Waals surface area contributed by atoms with Crippen LogP contribution in [0.5, 0.6) is 5.75 Å². The molecule has 0 unspecified atom stereocenters. The van der Waals surface area contributed by atoms with Crippen LogP contribution in [0.2, 0.25) is 5.02 Å². The third kappa shape index (κ3) is 2.98. The first kappa shape index (κ1) is 13.5. The second-order valence-electron chi connectivity index (χ2n) is 2.97. The van der Waals surface area contributed by atoms with Gasteiger partial charge < -0.3 is 14.2 Å². The summed E-state index contributed by atoms with van der Waals surface area (Å²) in [5, 5.41) is 10.1. The Morgan fingerprint density at radius 1 is 1.31 bits per heavy atom. The minimum Gasteiger partial charge on any atom is -0.507 e. The highest BCUT2D eigenvalue weighted by Crippen LogP contribution is 2.49. The predicted molar refractivity (Wildman–Crippen MR) is 63.6 cm³/mol. The van der Waals surface area contributed by atoms with Gasteiger partial charge in [-0.2, -0.15) is 0 Å². The number of halogens is 1. The second-order valence-corrected chi connectivity index (χ2v) is 5.40. The van der Waals surface area contributed by atoms with E-state index < -0.39 is 7.60 Å². The van der Waals surface area contributed by atoms with E-state index in [-0.39, 0.29) is 24.3 Å². The van der Waals surface area contributed by atoms with Crippen molar-refractivity contribution in [1.29, 1.82) is 0 Å². The molecule has 1 aromatic carbocycles. The summed E-state index contributed by atoms with van der Waals surface area (Å²) in [4.78, 5) is 0. The minimum absolute atomic E-state index is 0.101. The van der Waals surface area contributed by atoms with Gasteiger partial charge in [0.25, 0.3) is 0 Å². The summed E-state index contributed by atoms with van der Waals surface area (Å²) in [5.41, 5.74) is 0. The molecule has 90 valence electrons. The van der Waals surface area contributed by atoms with E-state index in [0.717, 1.165) is 0 Å². The van der Waals surface area contributed by atoms with E-state index in [1.807, 2.05) is 0 Å². The summed E-state index contributed by atoms with van der Waals surface area (Å²) in [5.74, 6) is -0.144. The number of hydrogen-bond donors (Lipinski definition) is 1. The third-order valence-electron chi connectivity index (χ3n) is 1.83. The lowest BCUT2D eigenvalue weighted by molar-refractivity contribution is 0.229. The zero-order valence-corrected chi connectivity index (χ0v) is 10.8. The van der Waals surface area contributed by atoms with Gasteiger partial charge in [0.1, 0.15) is 11.1 Å². The van der Waals surface area contributed by atoms with E-state index in [1.54, 1.807) is 13.8 Å². The Labute approximate surface area is 99.7 Å². The first-order valence-electron chi connectivity index (χ1n) is 4.91. The molecular formula is C10H14ClO4P. The molecule has 0 heterocycles. The van der Waals surface area contributed by atoms with Crippen LogP contribution in [0.3, 0.4) is 0 Å². The lowest BCUT2D eigenvalue weighted by Crippen LogP contribution is -2.11. The molecule has 0 amide bonds. The molecular weight excluding hydrogens is 251 g/mol. The molecule has 0 saturated heterocycles. The van der Waals surface area contributed by atoms with Gasteiger partial charge in [0.05, 0.1) is 13.2 Å². The monoisotopic (exact) mass is 264 g/mol. The van der Waals surface area contributed by atoms with Crippen molar-refractivity contribution >= 4 is 24.5 Å². The van der Waals surface area contributed by atoms with E-state index in [2.05, 4.69) is 0 Å². The van der Waals surface area contributed by atoms with Gasteiger partial charge in [-0.1, -0.05) is 11.6 Å². The maximum absolute atomic E-state index is 12.3. The van der Waals surface area contributed by atoms with Crippen LogP contribution in [-0.2, 0) is 13.6 Å². The molecule has 0 atom stereocenters.